The summed E-state index contributed by atoms with van der Waals surface area (Å²) in [6.45, 7) is 5.48. The van der Waals surface area contributed by atoms with Crippen molar-refractivity contribution in [3.05, 3.63) is 59.2 Å². The Balaban J connectivity index is 1.59. The molecule has 1 saturated heterocycles. The first-order valence-corrected chi connectivity index (χ1v) is 8.78. The number of amides is 1. The molecule has 0 aromatic carbocycles. The van der Waals surface area contributed by atoms with Crippen LogP contribution < -0.4 is 0 Å². The van der Waals surface area contributed by atoms with Crippen LogP contribution in [-0.4, -0.2) is 38.8 Å². The Bertz CT molecular complexity index is 930. The normalized spacial score (nSPS) is 17.8. The second-order valence-corrected chi connectivity index (χ2v) is 6.91. The number of pyridine rings is 2. The van der Waals surface area contributed by atoms with Crippen LogP contribution in [0, 0.1) is 13.8 Å². The molecule has 1 atom stereocenters. The number of hydrogen-bond acceptors (Lipinski definition) is 3. The van der Waals surface area contributed by atoms with Gasteiger partial charge in [-0.1, -0.05) is 6.07 Å². The van der Waals surface area contributed by atoms with Crippen LogP contribution in [0.1, 0.15) is 45.9 Å². The highest BCUT2D eigenvalue weighted by Crippen LogP contribution is 2.32. The number of likely N-dealkylation sites (tertiary alicyclic amines) is 1. The highest BCUT2D eigenvalue weighted by molar-refractivity contribution is 5.94. The zero-order valence-electron chi connectivity index (χ0n) is 14.6. The van der Waals surface area contributed by atoms with E-state index in [2.05, 4.69) is 21.0 Å². The Morgan fingerprint density at radius 2 is 2.20 bits per heavy atom. The zero-order valence-corrected chi connectivity index (χ0v) is 14.6. The predicted octanol–water partition coefficient (Wildman–Crippen LogP) is 3.59. The van der Waals surface area contributed by atoms with Crippen molar-refractivity contribution in [2.75, 3.05) is 13.1 Å². The lowest BCUT2D eigenvalue weighted by molar-refractivity contribution is 0.0700. The SMILES string of the molecule is Cc1cnc(C(=O)N2CCC[C@H](c3c[nH]c4ncccc34)C2)c(C)c1. The molecule has 0 radical (unpaired) electrons. The first-order chi connectivity index (χ1) is 12.1. The van der Waals surface area contributed by atoms with E-state index >= 15 is 0 Å². The molecule has 0 unspecified atom stereocenters. The predicted molar refractivity (Wildman–Crippen MR) is 97.7 cm³/mol. The van der Waals surface area contributed by atoms with Gasteiger partial charge in [-0.15, -0.1) is 0 Å². The summed E-state index contributed by atoms with van der Waals surface area (Å²) < 4.78 is 0. The smallest absolute Gasteiger partial charge is 0.272 e. The van der Waals surface area contributed by atoms with E-state index in [4.69, 9.17) is 0 Å². The summed E-state index contributed by atoms with van der Waals surface area (Å²) in [6.07, 6.45) is 7.71. The molecule has 3 aromatic rings. The Morgan fingerprint density at radius 3 is 3.04 bits per heavy atom. The van der Waals surface area contributed by atoms with Gasteiger partial charge in [-0.3, -0.25) is 9.78 Å². The standard InChI is InChI=1S/C20H22N4O/c1-13-9-14(2)18(22-10-13)20(25)24-8-4-5-15(12-24)17-11-23-19-16(17)6-3-7-21-19/h3,6-7,9-11,15H,4-5,8,12H2,1-2H3,(H,21,23)/t15-/m0/s1. The van der Waals surface area contributed by atoms with E-state index in [0.29, 0.717) is 11.6 Å². The van der Waals surface area contributed by atoms with Gasteiger partial charge in [0.25, 0.3) is 5.91 Å². The number of rotatable bonds is 2. The van der Waals surface area contributed by atoms with Crippen LogP contribution in [-0.2, 0) is 0 Å². The van der Waals surface area contributed by atoms with Gasteiger partial charge in [0, 0.05) is 43.0 Å². The quantitative estimate of drug-likeness (QED) is 0.779. The number of fused-ring (bicyclic) bond motifs is 1. The van der Waals surface area contributed by atoms with Crippen LogP contribution >= 0.6 is 0 Å². The molecule has 0 saturated carbocycles. The number of nitrogens with one attached hydrogen (secondary N) is 1. The van der Waals surface area contributed by atoms with Crippen molar-refractivity contribution in [1.82, 2.24) is 19.9 Å². The number of H-pyrrole nitrogens is 1. The van der Waals surface area contributed by atoms with E-state index in [0.717, 1.165) is 48.1 Å². The summed E-state index contributed by atoms with van der Waals surface area (Å²) in [5.41, 5.74) is 4.78. The zero-order chi connectivity index (χ0) is 17.4. The average Bonchev–Trinajstić information content (AvgIpc) is 3.05. The fourth-order valence-electron chi connectivity index (χ4n) is 3.82. The van der Waals surface area contributed by atoms with Crippen molar-refractivity contribution in [2.45, 2.75) is 32.6 Å². The van der Waals surface area contributed by atoms with Crippen LogP contribution in [0.4, 0.5) is 0 Å². The number of hydrogen-bond donors (Lipinski definition) is 1. The van der Waals surface area contributed by atoms with Gasteiger partial charge in [0.2, 0.25) is 0 Å². The first-order valence-electron chi connectivity index (χ1n) is 8.78. The highest BCUT2D eigenvalue weighted by atomic mass is 16.2. The van der Waals surface area contributed by atoms with E-state index in [1.54, 1.807) is 12.4 Å². The molecule has 3 aromatic heterocycles. The largest absolute Gasteiger partial charge is 0.346 e. The summed E-state index contributed by atoms with van der Waals surface area (Å²) in [5.74, 6) is 0.376. The first kappa shape index (κ1) is 15.8. The minimum absolute atomic E-state index is 0.0418. The van der Waals surface area contributed by atoms with Gasteiger partial charge in [-0.25, -0.2) is 4.98 Å². The molecular weight excluding hydrogens is 312 g/mol. The lowest BCUT2D eigenvalue weighted by Crippen LogP contribution is -2.39. The van der Waals surface area contributed by atoms with Gasteiger partial charge in [0.15, 0.2) is 0 Å². The van der Waals surface area contributed by atoms with Crippen molar-refractivity contribution in [1.29, 1.82) is 0 Å². The molecule has 1 aliphatic rings. The van der Waals surface area contributed by atoms with Crippen molar-refractivity contribution < 1.29 is 4.79 Å². The Labute approximate surface area is 147 Å². The Morgan fingerprint density at radius 1 is 1.32 bits per heavy atom. The number of piperidine rings is 1. The summed E-state index contributed by atoms with van der Waals surface area (Å²) >= 11 is 0. The van der Waals surface area contributed by atoms with Crippen molar-refractivity contribution in [2.24, 2.45) is 0 Å². The molecule has 1 N–H and O–H groups in total. The summed E-state index contributed by atoms with van der Waals surface area (Å²) in [5, 5.41) is 1.16. The minimum Gasteiger partial charge on any atom is -0.346 e. The van der Waals surface area contributed by atoms with Crippen molar-refractivity contribution in [3.63, 3.8) is 0 Å². The van der Waals surface area contributed by atoms with Crippen LogP contribution in [0.5, 0.6) is 0 Å². The van der Waals surface area contributed by atoms with E-state index in [1.807, 2.05) is 37.1 Å². The minimum atomic E-state index is 0.0418. The lowest BCUT2D eigenvalue weighted by Gasteiger charge is -2.32. The highest BCUT2D eigenvalue weighted by Gasteiger charge is 2.28. The van der Waals surface area contributed by atoms with Crippen LogP contribution in [0.25, 0.3) is 11.0 Å². The molecule has 25 heavy (non-hydrogen) atoms. The molecule has 0 bridgehead atoms. The number of nitrogens with zero attached hydrogens (tertiary/aromatic N) is 3. The van der Waals surface area contributed by atoms with Gasteiger partial charge in [0.05, 0.1) is 0 Å². The second-order valence-electron chi connectivity index (χ2n) is 6.91. The number of aryl methyl sites for hydroxylation is 2. The molecule has 128 valence electrons. The fourth-order valence-corrected chi connectivity index (χ4v) is 3.82. The monoisotopic (exact) mass is 334 g/mol. The third kappa shape index (κ3) is 2.90. The van der Waals surface area contributed by atoms with Crippen LogP contribution in [0.2, 0.25) is 0 Å². The van der Waals surface area contributed by atoms with Gasteiger partial charge >= 0.3 is 0 Å². The third-order valence-electron chi connectivity index (χ3n) is 5.05. The molecule has 0 spiro atoms. The average molecular weight is 334 g/mol. The van der Waals surface area contributed by atoms with E-state index in [1.165, 1.54) is 5.56 Å². The second kappa shape index (κ2) is 6.31. The maximum absolute atomic E-state index is 13.0. The molecule has 0 aliphatic carbocycles. The summed E-state index contributed by atoms with van der Waals surface area (Å²) in [6, 6.07) is 6.08. The van der Waals surface area contributed by atoms with Gasteiger partial charge < -0.3 is 9.88 Å². The molecule has 5 heteroatoms. The number of carbonyl (C=O) groups excluding carboxylic acids is 1. The van der Waals surface area contributed by atoms with Gasteiger partial charge in [-0.05, 0) is 55.5 Å². The summed E-state index contributed by atoms with van der Waals surface area (Å²) in [4.78, 5) is 26.9. The van der Waals surface area contributed by atoms with E-state index in [-0.39, 0.29) is 5.91 Å². The van der Waals surface area contributed by atoms with Crippen LogP contribution in [0.3, 0.4) is 0 Å². The van der Waals surface area contributed by atoms with E-state index in [9.17, 15) is 4.79 Å². The summed E-state index contributed by atoms with van der Waals surface area (Å²) in [7, 11) is 0. The molecule has 4 heterocycles. The van der Waals surface area contributed by atoms with Crippen molar-refractivity contribution in [3.8, 4) is 0 Å². The van der Waals surface area contributed by atoms with Crippen molar-refractivity contribution >= 4 is 16.9 Å². The molecule has 1 aliphatic heterocycles. The number of aromatic nitrogens is 3. The topological polar surface area (TPSA) is 61.9 Å². The van der Waals surface area contributed by atoms with Gasteiger partial charge in [0.1, 0.15) is 11.3 Å². The molecule has 1 fully saturated rings. The number of carbonyl (C=O) groups is 1. The maximum Gasteiger partial charge on any atom is 0.272 e. The Hall–Kier alpha value is -2.69. The molecule has 1 amide bonds. The molecule has 4 rings (SSSR count). The van der Waals surface area contributed by atoms with E-state index < -0.39 is 0 Å². The molecule has 5 nitrogen and oxygen atoms in total. The van der Waals surface area contributed by atoms with Gasteiger partial charge in [-0.2, -0.15) is 0 Å². The lowest BCUT2D eigenvalue weighted by atomic mass is 9.90. The number of aromatic amines is 1. The fraction of sp³-hybridized carbons (Fsp3) is 0.350. The maximum atomic E-state index is 13.0. The molecular formula is C20H22N4O. The van der Waals surface area contributed by atoms with Crippen LogP contribution in [0.15, 0.2) is 36.8 Å². The third-order valence-corrected chi connectivity index (χ3v) is 5.05. The Kier molecular flexibility index (Phi) is 3.99.